The highest BCUT2D eigenvalue weighted by Gasteiger charge is 2.58. The van der Waals surface area contributed by atoms with Crippen molar-refractivity contribution in [3.05, 3.63) is 36.2 Å². The van der Waals surface area contributed by atoms with Crippen LogP contribution in [0.5, 0.6) is 0 Å². The SMILES string of the molecule is CC[C@H]1OC(=O)[C@H](C)[C@@H](OC(=O)C(C)C)[C@H](C)[C@@H](O[C@@H]2O[C@H](C)C[C@H](N(C)C)[C@H]2O)[C@](C)(OC(=O)NCC=Cc2cccnc2)C[C@@H](C)C(=O)[C@H](C)[C@H]2NC(=O)O[C@@]21C. The number of ether oxygens (including phenoxy) is 6. The number of alkyl carbamates (subject to hydrolysis) is 2. The number of cyclic esters (lactones) is 1. The first-order chi connectivity index (χ1) is 27.6. The molecule has 3 aliphatic heterocycles. The van der Waals surface area contributed by atoms with Crippen molar-refractivity contribution in [3.8, 4) is 0 Å². The molecule has 3 saturated heterocycles. The molecule has 330 valence electrons. The van der Waals surface area contributed by atoms with Crippen molar-refractivity contribution < 1.29 is 57.5 Å². The van der Waals surface area contributed by atoms with Gasteiger partial charge in [0.05, 0.1) is 24.0 Å². The number of carbonyl (C=O) groups excluding carboxylic acids is 5. The number of fused-ring (bicyclic) bond motifs is 1. The number of ketones is 1. The molecule has 2 amide bonds. The fourth-order valence-electron chi connectivity index (χ4n) is 8.77. The Balaban J connectivity index is 1.88. The zero-order valence-corrected chi connectivity index (χ0v) is 36.6. The molecule has 14 atom stereocenters. The number of likely N-dealkylation sites (N-methyl/N-ethyl adjacent to an activating group) is 1. The molecule has 1 aromatic rings. The van der Waals surface area contributed by atoms with Crippen LogP contribution in [0, 0.1) is 29.6 Å². The van der Waals surface area contributed by atoms with Gasteiger partial charge >= 0.3 is 24.1 Å². The lowest BCUT2D eigenvalue weighted by Crippen LogP contribution is -2.61. The van der Waals surface area contributed by atoms with E-state index in [1.54, 1.807) is 92.9 Å². The molecule has 0 unspecified atom stereocenters. The number of aliphatic hydroxyl groups excluding tert-OH is 1. The van der Waals surface area contributed by atoms with Crippen LogP contribution in [-0.4, -0.2) is 126 Å². The van der Waals surface area contributed by atoms with Crippen LogP contribution < -0.4 is 10.6 Å². The molecule has 1 aromatic heterocycles. The highest BCUT2D eigenvalue weighted by atomic mass is 16.7. The van der Waals surface area contributed by atoms with Crippen molar-refractivity contribution in [2.24, 2.45) is 29.6 Å². The van der Waals surface area contributed by atoms with Crippen LogP contribution in [0.15, 0.2) is 30.6 Å². The molecular weight excluding hydrogens is 764 g/mol. The Morgan fingerprint density at radius 1 is 1.12 bits per heavy atom. The van der Waals surface area contributed by atoms with E-state index >= 15 is 0 Å². The van der Waals surface area contributed by atoms with Crippen molar-refractivity contribution >= 4 is 36.0 Å². The second-order valence-electron chi connectivity index (χ2n) is 17.4. The molecule has 16 nitrogen and oxygen atoms in total. The fourth-order valence-corrected chi connectivity index (χ4v) is 8.77. The van der Waals surface area contributed by atoms with Gasteiger partial charge in [-0.15, -0.1) is 0 Å². The summed E-state index contributed by atoms with van der Waals surface area (Å²) in [4.78, 5) is 75.1. The Labute approximate surface area is 348 Å². The number of aromatic nitrogens is 1. The zero-order chi connectivity index (χ0) is 44.0. The zero-order valence-electron chi connectivity index (χ0n) is 36.6. The van der Waals surface area contributed by atoms with Gasteiger partial charge in [-0.3, -0.25) is 19.4 Å². The number of carbonyl (C=O) groups is 5. The van der Waals surface area contributed by atoms with Crippen LogP contribution in [0.25, 0.3) is 6.08 Å². The molecular formula is C43H66N4O12. The summed E-state index contributed by atoms with van der Waals surface area (Å²) in [5.41, 5.74) is -2.34. The van der Waals surface area contributed by atoms with Crippen LogP contribution >= 0.6 is 0 Å². The van der Waals surface area contributed by atoms with Crippen LogP contribution in [0.3, 0.4) is 0 Å². The summed E-state index contributed by atoms with van der Waals surface area (Å²) in [7, 11) is 3.67. The van der Waals surface area contributed by atoms with Gasteiger partial charge in [-0.05, 0) is 72.7 Å². The Morgan fingerprint density at radius 3 is 2.42 bits per heavy atom. The third-order valence-electron chi connectivity index (χ3n) is 12.0. The smallest absolute Gasteiger partial charge is 0.408 e. The van der Waals surface area contributed by atoms with E-state index in [1.807, 2.05) is 32.0 Å². The molecule has 0 radical (unpaired) electrons. The number of hydrogen-bond donors (Lipinski definition) is 3. The van der Waals surface area contributed by atoms with Crippen molar-refractivity contribution in [2.45, 2.75) is 149 Å². The summed E-state index contributed by atoms with van der Waals surface area (Å²) in [5, 5.41) is 17.2. The minimum Gasteiger partial charge on any atom is -0.461 e. The van der Waals surface area contributed by atoms with Gasteiger partial charge in [0.1, 0.15) is 35.8 Å². The van der Waals surface area contributed by atoms with E-state index in [1.165, 1.54) is 0 Å². The summed E-state index contributed by atoms with van der Waals surface area (Å²) in [6.45, 7) is 16.9. The molecule has 3 aliphatic rings. The second kappa shape index (κ2) is 20.0. The minimum atomic E-state index is -1.72. The molecule has 4 rings (SSSR count). The first-order valence-electron chi connectivity index (χ1n) is 20.8. The number of hydrogen-bond acceptors (Lipinski definition) is 14. The summed E-state index contributed by atoms with van der Waals surface area (Å²) >= 11 is 0. The van der Waals surface area contributed by atoms with Crippen molar-refractivity contribution in [3.63, 3.8) is 0 Å². The Hall–Kier alpha value is -4.12. The first kappa shape index (κ1) is 47.6. The topological polar surface area (TPSA) is 201 Å². The standard InChI is InChI=1S/C43H66N4O12/c1-13-31-43(10)35(46-41(53)59-43)26(6)32(48)24(4)21-42(9,58-40(52)45-19-15-17-29-16-14-18-44-22-29)36(57-39-33(49)30(47(11)12)20-25(5)54-39)27(7)34(28(8)38(51)55-31)56-37(50)23(2)3/h14-18,22-28,30-31,33-36,39,49H,13,19-21H2,1-12H3,(H,45,52)(H,46,53)/t24-,25-,26+,27+,28-,30+,31-,33-,34+,35-,36-,39+,42-,43-/m1/s1. The number of aliphatic hydroxyl groups is 1. The van der Waals surface area contributed by atoms with Gasteiger partial charge in [-0.25, -0.2) is 9.59 Å². The maximum Gasteiger partial charge on any atom is 0.408 e. The molecule has 4 heterocycles. The molecule has 0 aromatic carbocycles. The van der Waals surface area contributed by atoms with Gasteiger partial charge in [0.15, 0.2) is 11.9 Å². The number of Topliss-reactive ketones (excluding diaryl/α,β-unsaturated/α-hetero) is 1. The van der Waals surface area contributed by atoms with Gasteiger partial charge in [0, 0.05) is 42.7 Å². The number of amides is 2. The summed E-state index contributed by atoms with van der Waals surface area (Å²) in [6, 6.07) is 2.36. The van der Waals surface area contributed by atoms with Crippen LogP contribution in [-0.2, 0) is 42.8 Å². The maximum absolute atomic E-state index is 14.5. The molecule has 0 saturated carbocycles. The van der Waals surface area contributed by atoms with E-state index in [9.17, 15) is 29.1 Å². The molecule has 3 N–H and O–H groups in total. The molecule has 0 aliphatic carbocycles. The molecule has 0 bridgehead atoms. The monoisotopic (exact) mass is 830 g/mol. The van der Waals surface area contributed by atoms with E-state index in [-0.39, 0.29) is 37.3 Å². The first-order valence-corrected chi connectivity index (χ1v) is 20.8. The normalized spacial score (nSPS) is 37.2. The van der Waals surface area contributed by atoms with Gasteiger partial charge in [0.2, 0.25) is 0 Å². The van der Waals surface area contributed by atoms with Gasteiger partial charge in [0.25, 0.3) is 0 Å². The Bertz CT molecular complexity index is 1660. The number of rotatable bonds is 10. The van der Waals surface area contributed by atoms with Crippen LogP contribution in [0.1, 0.15) is 94.1 Å². The second-order valence-corrected chi connectivity index (χ2v) is 17.4. The number of pyridine rings is 1. The predicted molar refractivity (Wildman–Crippen MR) is 216 cm³/mol. The molecule has 59 heavy (non-hydrogen) atoms. The quantitative estimate of drug-likeness (QED) is 0.217. The van der Waals surface area contributed by atoms with Gasteiger partial charge < -0.3 is 49.1 Å². The lowest BCUT2D eigenvalue weighted by Gasteiger charge is -2.48. The lowest BCUT2D eigenvalue weighted by atomic mass is 9.73. The van der Waals surface area contributed by atoms with E-state index in [4.69, 9.17) is 28.4 Å². The van der Waals surface area contributed by atoms with Gasteiger partial charge in [-0.2, -0.15) is 0 Å². The number of nitrogens with one attached hydrogen (secondary N) is 2. The number of esters is 2. The Kier molecular flexibility index (Phi) is 16.1. The summed E-state index contributed by atoms with van der Waals surface area (Å²) in [5.74, 6) is -6.05. The fraction of sp³-hybridized carbons (Fsp3) is 0.721. The average Bonchev–Trinajstić information content (AvgIpc) is 3.49. The summed E-state index contributed by atoms with van der Waals surface area (Å²) < 4.78 is 37.5. The van der Waals surface area contributed by atoms with Crippen molar-refractivity contribution in [2.75, 3.05) is 20.6 Å². The van der Waals surface area contributed by atoms with E-state index in [0.717, 1.165) is 5.56 Å². The maximum atomic E-state index is 14.5. The minimum absolute atomic E-state index is 0.0684. The highest BCUT2D eigenvalue weighted by molar-refractivity contribution is 5.85. The molecule has 16 heteroatoms. The van der Waals surface area contributed by atoms with Gasteiger partial charge in [-0.1, -0.05) is 59.8 Å². The Morgan fingerprint density at radius 2 is 1.81 bits per heavy atom. The highest BCUT2D eigenvalue weighted by Crippen LogP contribution is 2.42. The third kappa shape index (κ3) is 11.2. The summed E-state index contributed by atoms with van der Waals surface area (Å²) in [6.07, 6.45) is -0.496. The van der Waals surface area contributed by atoms with Crippen LogP contribution in [0.2, 0.25) is 0 Å². The average molecular weight is 831 g/mol. The van der Waals surface area contributed by atoms with Crippen molar-refractivity contribution in [1.29, 1.82) is 0 Å². The number of nitrogens with zero attached hydrogens (tertiary/aromatic N) is 2. The van der Waals surface area contributed by atoms with E-state index in [0.29, 0.717) is 6.42 Å². The molecule has 0 spiro atoms. The lowest BCUT2D eigenvalue weighted by molar-refractivity contribution is -0.298. The third-order valence-corrected chi connectivity index (χ3v) is 12.0. The molecule has 3 fully saturated rings. The van der Waals surface area contributed by atoms with E-state index in [2.05, 4.69) is 15.6 Å². The van der Waals surface area contributed by atoms with E-state index < -0.39 is 102 Å². The van der Waals surface area contributed by atoms with Crippen LogP contribution in [0.4, 0.5) is 9.59 Å². The predicted octanol–water partition coefficient (Wildman–Crippen LogP) is 4.66. The largest absolute Gasteiger partial charge is 0.461 e. The van der Waals surface area contributed by atoms with Crippen molar-refractivity contribution in [1.82, 2.24) is 20.5 Å².